The fourth-order valence-electron chi connectivity index (χ4n) is 1.29. The molecule has 0 aliphatic carbocycles. The highest BCUT2D eigenvalue weighted by atomic mass is 31.2. The van der Waals surface area contributed by atoms with Crippen LogP contribution in [0.5, 0.6) is 0 Å². The lowest BCUT2D eigenvalue weighted by molar-refractivity contribution is -0.119. The van der Waals surface area contributed by atoms with Gasteiger partial charge in [0, 0.05) is 6.04 Å². The minimum absolute atomic E-state index is 0.00838. The number of hydrogen-bond donors (Lipinski definition) is 1. The minimum atomic E-state index is -3.36. The van der Waals surface area contributed by atoms with Crippen LogP contribution in [0.15, 0.2) is 0 Å². The second-order valence-electron chi connectivity index (χ2n) is 4.80. The molecule has 0 rings (SSSR count). The Balaban J connectivity index is 4.58. The van der Waals surface area contributed by atoms with Gasteiger partial charge in [-0.15, -0.1) is 0 Å². The number of carbonyl (C=O) groups excluding carboxylic acids is 1. The van der Waals surface area contributed by atoms with Crippen molar-refractivity contribution in [3.63, 3.8) is 0 Å². The van der Waals surface area contributed by atoms with Crippen LogP contribution < -0.4 is 5.32 Å². The van der Waals surface area contributed by atoms with E-state index in [1.165, 1.54) is 0 Å². The first-order chi connectivity index (χ1) is 7.64. The molecule has 0 fully saturated rings. The number of nitrogens with one attached hydrogen (secondary N) is 1. The molecule has 0 unspecified atom stereocenters. The molecule has 1 amide bonds. The van der Waals surface area contributed by atoms with E-state index in [1.807, 2.05) is 13.8 Å². The Morgan fingerprint density at radius 3 is 1.76 bits per heavy atom. The summed E-state index contributed by atoms with van der Waals surface area (Å²) >= 11 is 0. The lowest BCUT2D eigenvalue weighted by Gasteiger charge is -2.22. The Kier molecular flexibility index (Phi) is 6.98. The predicted octanol–water partition coefficient (Wildman–Crippen LogP) is 2.55. The minimum Gasteiger partial charge on any atom is -0.353 e. The van der Waals surface area contributed by atoms with Crippen LogP contribution in [-0.4, -0.2) is 30.3 Å². The molecule has 0 atom stereocenters. The maximum atomic E-state index is 12.3. The van der Waals surface area contributed by atoms with E-state index < -0.39 is 7.60 Å². The summed E-state index contributed by atoms with van der Waals surface area (Å²) in [6.45, 7) is 10.7. The van der Waals surface area contributed by atoms with Crippen molar-refractivity contribution >= 4 is 13.5 Å². The summed E-state index contributed by atoms with van der Waals surface area (Å²) in [5.41, 5.74) is 0. The van der Waals surface area contributed by atoms with Crippen LogP contribution in [0.25, 0.3) is 0 Å². The van der Waals surface area contributed by atoms with Crippen molar-refractivity contribution in [1.29, 1.82) is 0 Å². The molecule has 0 saturated heterocycles. The first kappa shape index (κ1) is 16.6. The summed E-state index contributed by atoms with van der Waals surface area (Å²) in [5.74, 6) is -0.315. The number of carbonyl (C=O) groups is 1. The third-order valence-electron chi connectivity index (χ3n) is 1.53. The SMILES string of the molecule is CC(C)NC(=O)CP(=O)(OC(C)C)OC(C)C. The third kappa shape index (κ3) is 8.36. The van der Waals surface area contributed by atoms with Crippen LogP contribution in [0, 0.1) is 0 Å². The highest BCUT2D eigenvalue weighted by Gasteiger charge is 2.31. The van der Waals surface area contributed by atoms with Crippen LogP contribution in [0.1, 0.15) is 41.5 Å². The Morgan fingerprint density at radius 1 is 1.06 bits per heavy atom. The maximum absolute atomic E-state index is 12.3. The smallest absolute Gasteiger partial charge is 0.340 e. The zero-order chi connectivity index (χ0) is 13.6. The molecule has 0 aliphatic heterocycles. The largest absolute Gasteiger partial charge is 0.353 e. The van der Waals surface area contributed by atoms with E-state index in [4.69, 9.17) is 9.05 Å². The van der Waals surface area contributed by atoms with Gasteiger partial charge in [0.15, 0.2) is 0 Å². The fourth-order valence-corrected chi connectivity index (χ4v) is 3.21. The molecule has 0 aliphatic rings. The Morgan fingerprint density at radius 2 is 1.47 bits per heavy atom. The van der Waals surface area contributed by atoms with Crippen molar-refractivity contribution in [2.24, 2.45) is 0 Å². The Labute approximate surface area is 104 Å². The maximum Gasteiger partial charge on any atom is 0.340 e. The summed E-state index contributed by atoms with van der Waals surface area (Å²) in [6, 6.07) is 0.00838. The average molecular weight is 265 g/mol. The van der Waals surface area contributed by atoms with Gasteiger partial charge in [-0.05, 0) is 41.5 Å². The van der Waals surface area contributed by atoms with Gasteiger partial charge in [0.05, 0.1) is 12.2 Å². The van der Waals surface area contributed by atoms with Crippen molar-refractivity contribution in [2.45, 2.75) is 59.8 Å². The molecule has 5 nitrogen and oxygen atoms in total. The molecule has 1 N–H and O–H groups in total. The Hall–Kier alpha value is -0.380. The zero-order valence-corrected chi connectivity index (χ0v) is 12.4. The predicted molar refractivity (Wildman–Crippen MR) is 68.2 cm³/mol. The standard InChI is InChI=1S/C11H24NO4P/c1-8(2)12-11(13)7-17(14,15-9(3)4)16-10(5)6/h8-10H,7H2,1-6H3,(H,12,13). The van der Waals surface area contributed by atoms with Crippen molar-refractivity contribution in [1.82, 2.24) is 5.32 Å². The molecule has 17 heavy (non-hydrogen) atoms. The molecule has 102 valence electrons. The van der Waals surface area contributed by atoms with Gasteiger partial charge in [-0.25, -0.2) is 0 Å². The van der Waals surface area contributed by atoms with Gasteiger partial charge >= 0.3 is 7.60 Å². The van der Waals surface area contributed by atoms with Gasteiger partial charge in [-0.3, -0.25) is 9.36 Å². The lowest BCUT2D eigenvalue weighted by Crippen LogP contribution is -2.33. The van der Waals surface area contributed by atoms with E-state index in [1.54, 1.807) is 27.7 Å². The molecule has 0 spiro atoms. The highest BCUT2D eigenvalue weighted by Crippen LogP contribution is 2.50. The van der Waals surface area contributed by atoms with Gasteiger partial charge < -0.3 is 14.4 Å². The third-order valence-corrected chi connectivity index (χ3v) is 3.69. The second kappa shape index (κ2) is 7.14. The quantitative estimate of drug-likeness (QED) is 0.718. The van der Waals surface area contributed by atoms with Crippen molar-refractivity contribution in [3.8, 4) is 0 Å². The van der Waals surface area contributed by atoms with E-state index in [0.717, 1.165) is 0 Å². The molecule has 0 aromatic heterocycles. The van der Waals surface area contributed by atoms with Crippen LogP contribution >= 0.6 is 7.60 Å². The number of hydrogen-bond acceptors (Lipinski definition) is 4. The van der Waals surface area contributed by atoms with Gasteiger partial charge in [0.2, 0.25) is 5.91 Å². The first-order valence-electron chi connectivity index (χ1n) is 5.90. The van der Waals surface area contributed by atoms with E-state index in [2.05, 4.69) is 5.32 Å². The van der Waals surface area contributed by atoms with Crippen LogP contribution in [0.2, 0.25) is 0 Å². The number of amides is 1. The van der Waals surface area contributed by atoms with Gasteiger partial charge in [0.25, 0.3) is 0 Å². The van der Waals surface area contributed by atoms with Gasteiger partial charge in [-0.1, -0.05) is 0 Å². The summed E-state index contributed by atoms with van der Waals surface area (Å²) in [7, 11) is -3.36. The molecule has 0 bridgehead atoms. The monoisotopic (exact) mass is 265 g/mol. The fraction of sp³-hybridized carbons (Fsp3) is 0.909. The van der Waals surface area contributed by atoms with E-state index in [9.17, 15) is 9.36 Å². The molecule has 6 heteroatoms. The summed E-state index contributed by atoms with van der Waals surface area (Å²) in [4.78, 5) is 11.6. The van der Waals surface area contributed by atoms with Gasteiger partial charge in [-0.2, -0.15) is 0 Å². The highest BCUT2D eigenvalue weighted by molar-refractivity contribution is 7.54. The van der Waals surface area contributed by atoms with E-state index in [0.29, 0.717) is 0 Å². The molecule has 0 radical (unpaired) electrons. The van der Waals surface area contributed by atoms with Gasteiger partial charge in [0.1, 0.15) is 6.16 Å². The van der Waals surface area contributed by atoms with Crippen LogP contribution in [0.4, 0.5) is 0 Å². The topological polar surface area (TPSA) is 64.6 Å². The lowest BCUT2D eigenvalue weighted by atomic mass is 10.4. The normalized spacial score (nSPS) is 12.5. The molecule has 0 aromatic carbocycles. The van der Waals surface area contributed by atoms with E-state index >= 15 is 0 Å². The summed E-state index contributed by atoms with van der Waals surface area (Å²) in [5, 5.41) is 2.67. The molecule has 0 saturated carbocycles. The van der Waals surface area contributed by atoms with Crippen molar-refractivity contribution < 1.29 is 18.4 Å². The van der Waals surface area contributed by atoms with E-state index in [-0.39, 0.29) is 30.3 Å². The Bertz CT molecular complexity index is 275. The second-order valence-corrected chi connectivity index (χ2v) is 6.76. The number of rotatable bonds is 7. The van der Waals surface area contributed by atoms with Crippen molar-refractivity contribution in [3.05, 3.63) is 0 Å². The molecule has 0 aromatic rings. The molecular formula is C11H24NO4P. The summed E-state index contributed by atoms with van der Waals surface area (Å²) < 4.78 is 22.9. The zero-order valence-electron chi connectivity index (χ0n) is 11.5. The summed E-state index contributed by atoms with van der Waals surface area (Å²) in [6.07, 6.45) is -0.723. The average Bonchev–Trinajstić information content (AvgIpc) is 1.95. The first-order valence-corrected chi connectivity index (χ1v) is 7.62. The van der Waals surface area contributed by atoms with Crippen LogP contribution in [0.3, 0.4) is 0 Å². The molecule has 0 heterocycles. The van der Waals surface area contributed by atoms with Crippen LogP contribution in [-0.2, 0) is 18.4 Å². The van der Waals surface area contributed by atoms with Crippen molar-refractivity contribution in [2.75, 3.05) is 6.16 Å². The molecular weight excluding hydrogens is 241 g/mol.